The van der Waals surface area contributed by atoms with Crippen LogP contribution in [0, 0.1) is 5.82 Å². The lowest BCUT2D eigenvalue weighted by atomic mass is 10.3. The van der Waals surface area contributed by atoms with Gasteiger partial charge in [-0.1, -0.05) is 0 Å². The van der Waals surface area contributed by atoms with E-state index in [2.05, 4.69) is 37.2 Å². The monoisotopic (exact) mass is 377 g/mol. The van der Waals surface area contributed by atoms with E-state index < -0.39 is 5.82 Å². The molecule has 0 aliphatic heterocycles. The highest BCUT2D eigenvalue weighted by Crippen LogP contribution is 2.27. The molecule has 0 atom stereocenters. The van der Waals surface area contributed by atoms with E-state index in [1.807, 2.05) is 0 Å². The van der Waals surface area contributed by atoms with E-state index in [4.69, 9.17) is 0 Å². The van der Waals surface area contributed by atoms with Crippen LogP contribution in [0.5, 0.6) is 0 Å². The van der Waals surface area contributed by atoms with Crippen molar-refractivity contribution in [1.29, 1.82) is 0 Å². The molecular formula is C11H6Br2FNOS. The molecule has 0 saturated heterocycles. The van der Waals surface area contributed by atoms with Crippen LogP contribution in [-0.4, -0.2) is 5.91 Å². The molecule has 2 nitrogen and oxygen atoms in total. The van der Waals surface area contributed by atoms with Gasteiger partial charge in [-0.25, -0.2) is 4.39 Å². The second-order valence-corrected chi connectivity index (χ2v) is 5.80. The number of carbonyl (C=O) groups is 1. The largest absolute Gasteiger partial charge is 0.320 e. The Morgan fingerprint density at radius 1 is 1.24 bits per heavy atom. The normalized spacial score (nSPS) is 10.3. The van der Waals surface area contributed by atoms with Crippen LogP contribution in [0.25, 0.3) is 0 Å². The minimum atomic E-state index is -0.395. The van der Waals surface area contributed by atoms with Gasteiger partial charge in [0.15, 0.2) is 0 Å². The lowest BCUT2D eigenvalue weighted by Crippen LogP contribution is -2.11. The number of hydrogen-bond acceptors (Lipinski definition) is 2. The van der Waals surface area contributed by atoms with Gasteiger partial charge in [0.1, 0.15) is 10.7 Å². The van der Waals surface area contributed by atoms with E-state index in [9.17, 15) is 9.18 Å². The summed E-state index contributed by atoms with van der Waals surface area (Å²) in [4.78, 5) is 12.4. The van der Waals surface area contributed by atoms with Crippen molar-refractivity contribution in [2.75, 3.05) is 5.32 Å². The van der Waals surface area contributed by atoms with Crippen molar-refractivity contribution in [3.05, 3.63) is 49.3 Å². The van der Waals surface area contributed by atoms with Gasteiger partial charge in [0, 0.05) is 8.95 Å². The first kappa shape index (κ1) is 12.7. The quantitative estimate of drug-likeness (QED) is 0.808. The average molecular weight is 379 g/mol. The molecule has 0 bridgehead atoms. The Hall–Kier alpha value is -0.720. The number of benzene rings is 1. The van der Waals surface area contributed by atoms with Gasteiger partial charge < -0.3 is 5.32 Å². The zero-order valence-electron chi connectivity index (χ0n) is 8.34. The van der Waals surface area contributed by atoms with Crippen molar-refractivity contribution in [3.63, 3.8) is 0 Å². The molecule has 0 aliphatic carbocycles. The molecule has 2 rings (SSSR count). The summed E-state index contributed by atoms with van der Waals surface area (Å²) in [7, 11) is 0. The van der Waals surface area contributed by atoms with Crippen LogP contribution in [0.2, 0.25) is 0 Å². The van der Waals surface area contributed by atoms with Crippen molar-refractivity contribution in [2.24, 2.45) is 0 Å². The maximum atomic E-state index is 13.0. The van der Waals surface area contributed by atoms with E-state index >= 15 is 0 Å². The molecule has 17 heavy (non-hydrogen) atoms. The van der Waals surface area contributed by atoms with Crippen LogP contribution in [0.3, 0.4) is 0 Å². The molecule has 0 saturated carbocycles. The Labute approximate surface area is 118 Å². The molecule has 0 spiro atoms. The fraction of sp³-hybridized carbons (Fsp3) is 0. The lowest BCUT2D eigenvalue weighted by molar-refractivity contribution is 0.103. The van der Waals surface area contributed by atoms with Crippen LogP contribution < -0.4 is 5.32 Å². The fourth-order valence-electron chi connectivity index (χ4n) is 1.23. The Bertz CT molecular complexity index is 570. The van der Waals surface area contributed by atoms with Gasteiger partial charge in [-0.2, -0.15) is 0 Å². The van der Waals surface area contributed by atoms with E-state index in [1.165, 1.54) is 23.5 Å². The van der Waals surface area contributed by atoms with Crippen molar-refractivity contribution < 1.29 is 9.18 Å². The number of anilines is 1. The number of amides is 1. The predicted octanol–water partition coefficient (Wildman–Crippen LogP) is 4.66. The number of carbonyl (C=O) groups excluding carboxylic acids is 1. The van der Waals surface area contributed by atoms with Gasteiger partial charge in [0.05, 0.1) is 5.69 Å². The van der Waals surface area contributed by atoms with Gasteiger partial charge in [-0.05, 0) is 61.5 Å². The summed E-state index contributed by atoms with van der Waals surface area (Å²) >= 11 is 7.85. The third-order valence-electron chi connectivity index (χ3n) is 2.00. The van der Waals surface area contributed by atoms with E-state index in [0.29, 0.717) is 15.0 Å². The summed E-state index contributed by atoms with van der Waals surface area (Å²) in [5.74, 6) is -0.660. The molecule has 88 valence electrons. The highest BCUT2D eigenvalue weighted by Gasteiger charge is 2.13. The highest BCUT2D eigenvalue weighted by atomic mass is 79.9. The molecular weight excluding hydrogens is 373 g/mol. The predicted molar refractivity (Wildman–Crippen MR) is 74.1 cm³/mol. The second-order valence-electron chi connectivity index (χ2n) is 3.18. The van der Waals surface area contributed by atoms with Crippen LogP contribution in [0.1, 0.15) is 9.67 Å². The maximum absolute atomic E-state index is 13.0. The summed E-state index contributed by atoms with van der Waals surface area (Å²) < 4.78 is 14.4. The smallest absolute Gasteiger partial charge is 0.266 e. The zero-order chi connectivity index (χ0) is 12.4. The van der Waals surface area contributed by atoms with Crippen molar-refractivity contribution >= 4 is 54.8 Å². The Morgan fingerprint density at radius 2 is 2.00 bits per heavy atom. The number of hydrogen-bond donors (Lipinski definition) is 1. The van der Waals surface area contributed by atoms with Crippen LogP contribution in [0.4, 0.5) is 10.1 Å². The molecule has 1 heterocycles. The first-order chi connectivity index (χ1) is 8.08. The van der Waals surface area contributed by atoms with Crippen molar-refractivity contribution in [1.82, 2.24) is 0 Å². The molecule has 1 amide bonds. The Morgan fingerprint density at radius 3 is 2.65 bits per heavy atom. The average Bonchev–Trinajstić information content (AvgIpc) is 2.70. The molecule has 6 heteroatoms. The molecule has 0 fully saturated rings. The van der Waals surface area contributed by atoms with Gasteiger partial charge in [0.2, 0.25) is 0 Å². The first-order valence-corrected chi connectivity index (χ1v) is 7.04. The molecule has 1 aromatic carbocycles. The number of rotatable bonds is 2. The summed E-state index contributed by atoms with van der Waals surface area (Å²) in [6, 6.07) is 5.93. The van der Waals surface area contributed by atoms with Crippen LogP contribution in [-0.2, 0) is 0 Å². The van der Waals surface area contributed by atoms with Crippen molar-refractivity contribution in [2.45, 2.75) is 0 Å². The zero-order valence-corrected chi connectivity index (χ0v) is 12.3. The molecule has 0 unspecified atom stereocenters. The third-order valence-corrected chi connectivity index (χ3v) is 4.53. The number of nitrogens with one attached hydrogen (secondary N) is 1. The molecule has 1 N–H and O–H groups in total. The minimum absolute atomic E-state index is 0.266. The highest BCUT2D eigenvalue weighted by molar-refractivity contribution is 9.11. The minimum Gasteiger partial charge on any atom is -0.320 e. The summed E-state index contributed by atoms with van der Waals surface area (Å²) in [5.41, 5.74) is 0.412. The van der Waals surface area contributed by atoms with Gasteiger partial charge in [0.25, 0.3) is 5.91 Å². The molecule has 1 aromatic heterocycles. The summed E-state index contributed by atoms with van der Waals surface area (Å²) in [6.07, 6.45) is 0. The SMILES string of the molecule is O=C(Nc1cc(F)ccc1Br)c1sccc1Br. The molecule has 0 aliphatic rings. The topological polar surface area (TPSA) is 29.1 Å². The Kier molecular flexibility index (Phi) is 3.96. The summed E-state index contributed by atoms with van der Waals surface area (Å²) in [6.45, 7) is 0. The van der Waals surface area contributed by atoms with Crippen molar-refractivity contribution in [3.8, 4) is 0 Å². The standard InChI is InChI=1S/C11H6Br2FNOS/c12-7-2-1-6(14)5-9(7)15-11(16)10-8(13)3-4-17-10/h1-5H,(H,15,16). The second kappa shape index (κ2) is 5.29. The Balaban J connectivity index is 2.24. The molecule has 2 aromatic rings. The van der Waals surface area contributed by atoms with Gasteiger partial charge >= 0.3 is 0 Å². The van der Waals surface area contributed by atoms with Gasteiger partial charge in [-0.15, -0.1) is 11.3 Å². The third kappa shape index (κ3) is 2.94. The van der Waals surface area contributed by atoms with Crippen LogP contribution in [0.15, 0.2) is 38.6 Å². The van der Waals surface area contributed by atoms with E-state index in [1.54, 1.807) is 17.5 Å². The number of halogens is 3. The first-order valence-electron chi connectivity index (χ1n) is 4.57. The molecule has 0 radical (unpaired) electrons. The van der Waals surface area contributed by atoms with E-state index in [0.717, 1.165) is 4.47 Å². The maximum Gasteiger partial charge on any atom is 0.266 e. The fourth-order valence-corrected chi connectivity index (χ4v) is 3.02. The van der Waals surface area contributed by atoms with E-state index in [-0.39, 0.29) is 5.91 Å². The van der Waals surface area contributed by atoms with Gasteiger partial charge in [-0.3, -0.25) is 4.79 Å². The van der Waals surface area contributed by atoms with Crippen LogP contribution >= 0.6 is 43.2 Å². The lowest BCUT2D eigenvalue weighted by Gasteiger charge is -2.06. The number of thiophene rings is 1. The summed E-state index contributed by atoms with van der Waals surface area (Å²) in [5, 5.41) is 4.45.